The maximum atomic E-state index is 13.4. The van der Waals surface area contributed by atoms with Gasteiger partial charge >= 0.3 is 0 Å². The molecule has 0 aromatic carbocycles. The number of amides is 1. The highest BCUT2D eigenvalue weighted by Crippen LogP contribution is 2.33. The van der Waals surface area contributed by atoms with Gasteiger partial charge in [-0.1, -0.05) is 230 Å². The van der Waals surface area contributed by atoms with Crippen molar-refractivity contribution in [1.82, 2.24) is 5.32 Å². The second kappa shape index (κ2) is 56.4. The first-order valence-corrected chi connectivity index (χ1v) is 36.1. The minimum Gasteiger partial charge on any atom is -0.394 e. The van der Waals surface area contributed by atoms with Crippen LogP contribution in [0.15, 0.2) is 146 Å². The minimum absolute atomic E-state index is 0.195. The van der Waals surface area contributed by atoms with Crippen LogP contribution in [-0.4, -0.2) is 193 Å². The van der Waals surface area contributed by atoms with Crippen molar-refractivity contribution in [3.8, 4) is 0 Å². The van der Waals surface area contributed by atoms with Crippen LogP contribution in [0.1, 0.15) is 200 Å². The van der Waals surface area contributed by atoms with Crippen molar-refractivity contribution in [3.63, 3.8) is 0 Å². The van der Waals surface area contributed by atoms with E-state index in [2.05, 4.69) is 153 Å². The van der Waals surface area contributed by atoms with Gasteiger partial charge in [-0.05, 0) is 109 Å². The lowest BCUT2D eigenvalue weighted by Crippen LogP contribution is -2.66. The molecule has 546 valence electrons. The van der Waals surface area contributed by atoms with Crippen LogP contribution < -0.4 is 5.32 Å². The molecule has 0 spiro atoms. The number of unbranched alkanes of at least 4 members (excludes halogenated alkanes) is 15. The van der Waals surface area contributed by atoms with E-state index in [1.807, 2.05) is 6.08 Å². The molecule has 1 amide bonds. The van der Waals surface area contributed by atoms with Crippen LogP contribution in [0.3, 0.4) is 0 Å². The normalized spacial score (nSPS) is 27.9. The summed E-state index contributed by atoms with van der Waals surface area (Å²) in [5.41, 5.74) is 0. The van der Waals surface area contributed by atoms with Crippen molar-refractivity contribution in [2.45, 2.75) is 304 Å². The van der Waals surface area contributed by atoms with Gasteiger partial charge in [-0.2, -0.15) is 0 Å². The van der Waals surface area contributed by atoms with E-state index < -0.39 is 124 Å². The number of aliphatic hydroxyl groups excluding tert-OH is 11. The quantitative estimate of drug-likeness (QED) is 0.0199. The fourth-order valence-electron chi connectivity index (χ4n) is 11.1. The number of hydrogen-bond donors (Lipinski definition) is 12. The van der Waals surface area contributed by atoms with Crippen LogP contribution in [0.2, 0.25) is 0 Å². The van der Waals surface area contributed by atoms with Crippen LogP contribution in [0, 0.1) is 0 Å². The monoisotopic (exact) mass is 1350 g/mol. The fourth-order valence-corrected chi connectivity index (χ4v) is 11.1. The number of carbonyl (C=O) groups is 1. The molecule has 96 heavy (non-hydrogen) atoms. The largest absolute Gasteiger partial charge is 0.394 e. The molecule has 3 aliphatic heterocycles. The van der Waals surface area contributed by atoms with Gasteiger partial charge in [0.15, 0.2) is 18.9 Å². The molecule has 0 radical (unpaired) electrons. The molecule has 3 rings (SSSR count). The van der Waals surface area contributed by atoms with Gasteiger partial charge in [0.1, 0.15) is 73.2 Å². The second-order valence-electron chi connectivity index (χ2n) is 25.0. The Morgan fingerprint density at radius 2 is 0.729 bits per heavy atom. The summed E-state index contributed by atoms with van der Waals surface area (Å²) in [5.74, 6) is -0.317. The van der Waals surface area contributed by atoms with E-state index in [0.717, 1.165) is 109 Å². The first kappa shape index (κ1) is 85.9. The van der Waals surface area contributed by atoms with Crippen molar-refractivity contribution >= 4 is 5.91 Å². The fraction of sp³-hybridized carbons (Fsp3) is 0.675. The van der Waals surface area contributed by atoms with E-state index in [-0.39, 0.29) is 18.9 Å². The number of rotatable bonds is 53. The Hall–Kier alpha value is -4.33. The summed E-state index contributed by atoms with van der Waals surface area (Å²) in [5, 5.41) is 120. The molecular weight excluding hydrogens is 1230 g/mol. The molecule has 0 bridgehead atoms. The Bertz CT molecular complexity index is 2310. The zero-order valence-corrected chi connectivity index (χ0v) is 57.8. The number of hydrogen-bond acceptors (Lipinski definition) is 18. The average Bonchev–Trinajstić information content (AvgIpc) is 0.798. The lowest BCUT2D eigenvalue weighted by Gasteiger charge is -2.48. The molecule has 3 saturated heterocycles. The van der Waals surface area contributed by atoms with E-state index in [1.165, 1.54) is 57.8 Å². The minimum atomic E-state index is -1.99. The van der Waals surface area contributed by atoms with Crippen LogP contribution in [-0.2, 0) is 33.2 Å². The van der Waals surface area contributed by atoms with Gasteiger partial charge in [0, 0.05) is 6.42 Å². The standard InChI is InChI=1S/C77H125NO18/c1-3-5-7-9-11-13-15-17-19-21-22-23-24-25-26-27-28-29-30-31-32-33-34-35-36-37-38-39-41-43-45-47-49-51-53-55-65(83)78-60(61(82)54-52-50-48-46-44-42-40-20-18-16-14-12-10-8-6-4-2)59-91-75-71(89)68(86)73(63(57-80)93-75)96-77-72(90)69(87)74(64(58-81)94-77)95-76-70(88)67(85)66(84)62(56-79)92-76/h5,7,11,13,17,19,22-23,25-26,28-29,31-32,34-35,37-38,41,43-44,46,52,54,60-64,66-77,79-82,84-90H,3-4,6,8-10,12,14-16,18,20-21,24,27,30,33,36,39-40,42,45,47-51,53,55-59H2,1-2H3,(H,78,83)/b7-5-,13-11-,19-17-,23-22-,26-25-,29-28-,32-31-,35-34-,38-37-,43-41-,46-44+,54-52+. The van der Waals surface area contributed by atoms with Crippen LogP contribution in [0.4, 0.5) is 0 Å². The third-order valence-corrected chi connectivity index (χ3v) is 16.9. The van der Waals surface area contributed by atoms with Crippen molar-refractivity contribution in [2.75, 3.05) is 26.4 Å². The third-order valence-electron chi connectivity index (χ3n) is 16.9. The van der Waals surface area contributed by atoms with E-state index in [0.29, 0.717) is 12.8 Å². The summed E-state index contributed by atoms with van der Waals surface area (Å²) < 4.78 is 34.3. The predicted molar refractivity (Wildman–Crippen MR) is 378 cm³/mol. The van der Waals surface area contributed by atoms with Crippen molar-refractivity contribution in [1.29, 1.82) is 0 Å². The van der Waals surface area contributed by atoms with Gasteiger partial charge < -0.3 is 89.9 Å². The smallest absolute Gasteiger partial charge is 0.220 e. The SMILES string of the molecule is CC/C=C\C/C=C\C/C=C\C/C=C\C/C=C\C/C=C\C/C=C\C/C=C\C/C=C\C/C=C\CCCCCCC(=O)NC(COC1OC(CO)C(OC2OC(CO)C(OC3OC(CO)C(O)C(O)C3O)C(O)C2O)C(O)C1O)C(O)/C=C/CC/C=C/CCCCCCCCCCCC. The number of ether oxygens (including phenoxy) is 6. The van der Waals surface area contributed by atoms with Crippen molar-refractivity contribution < 1.29 is 89.4 Å². The number of carbonyl (C=O) groups excluding carboxylic acids is 1. The van der Waals surface area contributed by atoms with E-state index >= 15 is 0 Å². The molecule has 0 aliphatic carbocycles. The van der Waals surface area contributed by atoms with Gasteiger partial charge in [-0.15, -0.1) is 0 Å². The summed E-state index contributed by atoms with van der Waals surface area (Å²) in [4.78, 5) is 13.4. The molecule has 3 heterocycles. The number of nitrogens with one attached hydrogen (secondary N) is 1. The molecule has 19 nitrogen and oxygen atoms in total. The highest BCUT2D eigenvalue weighted by Gasteiger charge is 2.53. The third kappa shape index (κ3) is 37.2. The van der Waals surface area contributed by atoms with Gasteiger partial charge in [0.25, 0.3) is 0 Å². The summed E-state index contributed by atoms with van der Waals surface area (Å²) in [6.45, 7) is 1.55. The van der Waals surface area contributed by atoms with Crippen LogP contribution >= 0.6 is 0 Å². The topological polar surface area (TPSA) is 307 Å². The van der Waals surface area contributed by atoms with Gasteiger partial charge in [-0.3, -0.25) is 4.79 Å². The highest BCUT2D eigenvalue weighted by atomic mass is 16.8. The summed E-state index contributed by atoms with van der Waals surface area (Å²) >= 11 is 0. The molecule has 19 heteroatoms. The van der Waals surface area contributed by atoms with Crippen LogP contribution in [0.5, 0.6) is 0 Å². The molecule has 3 fully saturated rings. The first-order valence-electron chi connectivity index (χ1n) is 36.1. The molecule has 12 N–H and O–H groups in total. The highest BCUT2D eigenvalue weighted by molar-refractivity contribution is 5.76. The van der Waals surface area contributed by atoms with Crippen molar-refractivity contribution in [2.24, 2.45) is 0 Å². The maximum Gasteiger partial charge on any atom is 0.220 e. The summed E-state index contributed by atoms with van der Waals surface area (Å²) in [6, 6.07) is -1.02. The lowest BCUT2D eigenvalue weighted by molar-refractivity contribution is -0.379. The van der Waals surface area contributed by atoms with E-state index in [4.69, 9.17) is 28.4 Å². The summed E-state index contributed by atoms with van der Waals surface area (Å²) in [7, 11) is 0. The van der Waals surface area contributed by atoms with Gasteiger partial charge in [-0.25, -0.2) is 0 Å². The second-order valence-corrected chi connectivity index (χ2v) is 25.0. The lowest BCUT2D eigenvalue weighted by atomic mass is 9.96. The summed E-state index contributed by atoms with van der Waals surface area (Å²) in [6.07, 6.45) is 53.9. The molecule has 3 aliphatic rings. The molecule has 0 aromatic rings. The molecule has 17 atom stereocenters. The maximum absolute atomic E-state index is 13.4. The molecule has 0 saturated carbocycles. The number of aliphatic hydroxyl groups is 11. The predicted octanol–water partition coefficient (Wildman–Crippen LogP) is 10.3. The Labute approximate surface area is 574 Å². The Morgan fingerprint density at radius 1 is 0.385 bits per heavy atom. The Balaban J connectivity index is 1.41. The van der Waals surface area contributed by atoms with E-state index in [9.17, 15) is 61.0 Å². The Kier molecular flexibility index (Phi) is 50.5. The molecular formula is C77H125NO18. The van der Waals surface area contributed by atoms with Gasteiger partial charge in [0.05, 0.1) is 38.6 Å². The van der Waals surface area contributed by atoms with E-state index in [1.54, 1.807) is 6.08 Å². The average molecular weight is 1350 g/mol. The molecule has 0 aromatic heterocycles. The zero-order chi connectivity index (χ0) is 69.6. The van der Waals surface area contributed by atoms with Crippen LogP contribution in [0.25, 0.3) is 0 Å². The zero-order valence-electron chi connectivity index (χ0n) is 57.8. The first-order chi connectivity index (χ1) is 46.8. The number of allylic oxidation sites excluding steroid dienone is 23. The molecule has 17 unspecified atom stereocenters. The van der Waals surface area contributed by atoms with Gasteiger partial charge in [0.2, 0.25) is 5.91 Å². The Morgan fingerprint density at radius 3 is 1.17 bits per heavy atom. The van der Waals surface area contributed by atoms with Crippen molar-refractivity contribution in [3.05, 3.63) is 146 Å².